The zero-order chi connectivity index (χ0) is 14.8. The van der Waals surface area contributed by atoms with Crippen LogP contribution < -0.4 is 10.9 Å². The quantitative estimate of drug-likeness (QED) is 0.903. The monoisotopic (exact) mass is 286 g/mol. The maximum atomic E-state index is 5.54. The van der Waals surface area contributed by atoms with Crippen LogP contribution in [0.25, 0.3) is 0 Å². The lowest BCUT2D eigenvalue weighted by atomic mass is 9.99. The summed E-state index contributed by atoms with van der Waals surface area (Å²) >= 11 is 0. The highest BCUT2D eigenvalue weighted by Crippen LogP contribution is 2.26. The third kappa shape index (κ3) is 3.15. The van der Waals surface area contributed by atoms with Crippen LogP contribution in [-0.2, 0) is 6.54 Å². The molecule has 2 heterocycles. The maximum Gasteiger partial charge on any atom is 0.208 e. The molecular formula is C16H22N4O. The van der Waals surface area contributed by atoms with Crippen LogP contribution in [0.5, 0.6) is 0 Å². The number of oxazole rings is 1. The van der Waals surface area contributed by atoms with Gasteiger partial charge in [0.15, 0.2) is 0 Å². The van der Waals surface area contributed by atoms with E-state index in [1.807, 2.05) is 6.92 Å². The number of nitrogens with zero attached hydrogens (tertiary/aromatic N) is 2. The molecule has 2 atom stereocenters. The van der Waals surface area contributed by atoms with Crippen LogP contribution in [-0.4, -0.2) is 23.1 Å². The van der Waals surface area contributed by atoms with E-state index in [-0.39, 0.29) is 6.17 Å². The van der Waals surface area contributed by atoms with E-state index in [2.05, 4.69) is 59.0 Å². The van der Waals surface area contributed by atoms with Gasteiger partial charge in [-0.2, -0.15) is 0 Å². The summed E-state index contributed by atoms with van der Waals surface area (Å²) < 4.78 is 5.54. The Morgan fingerprint density at radius 1 is 1.29 bits per heavy atom. The van der Waals surface area contributed by atoms with Crippen LogP contribution in [0.1, 0.15) is 35.2 Å². The zero-order valence-electron chi connectivity index (χ0n) is 12.8. The van der Waals surface area contributed by atoms with E-state index in [0.717, 1.165) is 18.1 Å². The lowest BCUT2D eigenvalue weighted by Gasteiger charge is -2.22. The number of benzene rings is 1. The molecule has 112 valence electrons. The van der Waals surface area contributed by atoms with Crippen molar-refractivity contribution in [1.29, 1.82) is 0 Å². The second-order valence-electron chi connectivity index (χ2n) is 5.73. The summed E-state index contributed by atoms with van der Waals surface area (Å²) in [5.74, 6) is 1.62. The number of aromatic nitrogens is 1. The van der Waals surface area contributed by atoms with Crippen molar-refractivity contribution in [3.05, 3.63) is 53.2 Å². The highest BCUT2D eigenvalue weighted by molar-refractivity contribution is 5.29. The Hall–Kier alpha value is -1.69. The van der Waals surface area contributed by atoms with E-state index in [1.54, 1.807) is 6.20 Å². The fourth-order valence-electron chi connectivity index (χ4n) is 2.81. The van der Waals surface area contributed by atoms with Crippen molar-refractivity contribution in [2.24, 2.45) is 0 Å². The van der Waals surface area contributed by atoms with Gasteiger partial charge in [-0.1, -0.05) is 24.3 Å². The van der Waals surface area contributed by atoms with Gasteiger partial charge in [0.05, 0.1) is 18.9 Å². The lowest BCUT2D eigenvalue weighted by Crippen LogP contribution is -2.42. The zero-order valence-corrected chi connectivity index (χ0v) is 12.8. The summed E-state index contributed by atoms with van der Waals surface area (Å²) in [5.41, 5.74) is 9.44. The first-order valence-electron chi connectivity index (χ1n) is 7.31. The Kier molecular flexibility index (Phi) is 4.05. The van der Waals surface area contributed by atoms with Gasteiger partial charge < -0.3 is 4.42 Å². The largest absolute Gasteiger partial charge is 0.445 e. The fraction of sp³-hybridized carbons (Fsp3) is 0.438. The topological polar surface area (TPSA) is 53.3 Å². The van der Waals surface area contributed by atoms with E-state index in [1.165, 1.54) is 11.1 Å². The summed E-state index contributed by atoms with van der Waals surface area (Å²) in [6, 6.07) is 8.86. The first kappa shape index (κ1) is 14.3. The highest BCUT2D eigenvalue weighted by atomic mass is 16.4. The van der Waals surface area contributed by atoms with E-state index in [4.69, 9.17) is 4.42 Å². The summed E-state index contributed by atoms with van der Waals surface area (Å²) in [6.45, 7) is 4.78. The fourth-order valence-corrected chi connectivity index (χ4v) is 2.81. The summed E-state index contributed by atoms with van der Waals surface area (Å²) in [7, 11) is 2.08. The van der Waals surface area contributed by atoms with Crippen LogP contribution in [0, 0.1) is 13.8 Å². The minimum atomic E-state index is 0.266. The minimum Gasteiger partial charge on any atom is -0.445 e. The van der Waals surface area contributed by atoms with E-state index >= 15 is 0 Å². The predicted octanol–water partition coefficient (Wildman–Crippen LogP) is 2.29. The van der Waals surface area contributed by atoms with Gasteiger partial charge in [-0.05, 0) is 38.4 Å². The average Bonchev–Trinajstić information content (AvgIpc) is 3.09. The van der Waals surface area contributed by atoms with Gasteiger partial charge in [-0.3, -0.25) is 4.90 Å². The van der Waals surface area contributed by atoms with Gasteiger partial charge in [-0.15, -0.1) is 0 Å². The van der Waals surface area contributed by atoms with Crippen molar-refractivity contribution in [3.63, 3.8) is 0 Å². The van der Waals surface area contributed by atoms with E-state index in [9.17, 15) is 0 Å². The van der Waals surface area contributed by atoms with E-state index < -0.39 is 0 Å². The second kappa shape index (κ2) is 5.97. The predicted molar refractivity (Wildman–Crippen MR) is 81.3 cm³/mol. The Morgan fingerprint density at radius 2 is 2.10 bits per heavy atom. The number of hydrogen-bond donors (Lipinski definition) is 2. The first-order chi connectivity index (χ1) is 10.1. The molecule has 1 aliphatic rings. The summed E-state index contributed by atoms with van der Waals surface area (Å²) in [5, 5.41) is 0. The second-order valence-corrected chi connectivity index (χ2v) is 5.73. The van der Waals surface area contributed by atoms with Crippen LogP contribution in [0.15, 0.2) is 34.9 Å². The SMILES string of the molecule is Cc1cnc(CN(C)C2CC(c3ccccc3C)NN2)o1. The Balaban J connectivity index is 1.63. The number of hydrazine groups is 1. The third-order valence-corrected chi connectivity index (χ3v) is 4.03. The van der Waals surface area contributed by atoms with Gasteiger partial charge in [0.2, 0.25) is 5.89 Å². The molecule has 2 N–H and O–H groups in total. The molecule has 0 bridgehead atoms. The molecule has 1 aromatic carbocycles. The molecule has 0 aliphatic carbocycles. The molecule has 5 nitrogen and oxygen atoms in total. The molecular weight excluding hydrogens is 264 g/mol. The Morgan fingerprint density at radius 3 is 2.81 bits per heavy atom. The van der Waals surface area contributed by atoms with Crippen LogP contribution in [0.3, 0.4) is 0 Å². The summed E-state index contributed by atoms with van der Waals surface area (Å²) in [4.78, 5) is 6.48. The maximum absolute atomic E-state index is 5.54. The highest BCUT2D eigenvalue weighted by Gasteiger charge is 2.28. The molecule has 3 rings (SSSR count). The molecule has 0 radical (unpaired) electrons. The molecule has 5 heteroatoms. The molecule has 1 saturated heterocycles. The first-order valence-corrected chi connectivity index (χ1v) is 7.31. The molecule has 1 fully saturated rings. The average molecular weight is 286 g/mol. The standard InChI is InChI=1S/C16H22N4O/c1-11-6-4-5-7-13(11)14-8-15(19-18-14)20(3)10-16-17-9-12(2)21-16/h4-7,9,14-15,18-19H,8,10H2,1-3H3. The molecule has 1 aliphatic heterocycles. The van der Waals surface area contributed by atoms with Crippen molar-refractivity contribution >= 4 is 0 Å². The van der Waals surface area contributed by atoms with Gasteiger partial charge >= 0.3 is 0 Å². The summed E-state index contributed by atoms with van der Waals surface area (Å²) in [6.07, 6.45) is 3.04. The van der Waals surface area contributed by atoms with Crippen LogP contribution in [0.2, 0.25) is 0 Å². The van der Waals surface area contributed by atoms with Gasteiger partial charge in [-0.25, -0.2) is 15.8 Å². The Labute approximate surface area is 125 Å². The number of hydrogen-bond acceptors (Lipinski definition) is 5. The number of rotatable bonds is 4. The molecule has 0 saturated carbocycles. The molecule has 21 heavy (non-hydrogen) atoms. The lowest BCUT2D eigenvalue weighted by molar-refractivity contribution is 0.190. The van der Waals surface area contributed by atoms with Crippen molar-refractivity contribution in [2.45, 2.75) is 39.0 Å². The third-order valence-electron chi connectivity index (χ3n) is 4.03. The van der Waals surface area contributed by atoms with Crippen molar-refractivity contribution in [2.75, 3.05) is 7.05 Å². The van der Waals surface area contributed by atoms with Crippen LogP contribution in [0.4, 0.5) is 0 Å². The van der Waals surface area contributed by atoms with Gasteiger partial charge in [0, 0.05) is 6.04 Å². The smallest absolute Gasteiger partial charge is 0.208 e. The molecule has 2 aromatic rings. The molecule has 0 spiro atoms. The normalized spacial score (nSPS) is 22.1. The van der Waals surface area contributed by atoms with Crippen molar-refractivity contribution in [1.82, 2.24) is 20.7 Å². The van der Waals surface area contributed by atoms with Gasteiger partial charge in [0.1, 0.15) is 5.76 Å². The van der Waals surface area contributed by atoms with Crippen molar-refractivity contribution in [3.8, 4) is 0 Å². The van der Waals surface area contributed by atoms with E-state index in [0.29, 0.717) is 12.6 Å². The Bertz CT molecular complexity index is 610. The number of aryl methyl sites for hydroxylation is 2. The number of nitrogens with one attached hydrogen (secondary N) is 2. The van der Waals surface area contributed by atoms with Crippen LogP contribution >= 0.6 is 0 Å². The molecule has 2 unspecified atom stereocenters. The molecule has 0 amide bonds. The van der Waals surface area contributed by atoms with Gasteiger partial charge in [0.25, 0.3) is 0 Å². The van der Waals surface area contributed by atoms with Crippen molar-refractivity contribution < 1.29 is 4.42 Å². The minimum absolute atomic E-state index is 0.266. The molecule has 1 aromatic heterocycles.